The first kappa shape index (κ1) is 16.7. The van der Waals surface area contributed by atoms with Gasteiger partial charge in [-0.2, -0.15) is 0 Å². The molecular formula is C17H28N4O. The largest absolute Gasteiger partial charge is 0.367 e. The number of carbonyl (C=O) groups excluding carboxylic acids is 1. The lowest BCUT2D eigenvalue weighted by Gasteiger charge is -2.36. The first-order chi connectivity index (χ1) is 10.3. The van der Waals surface area contributed by atoms with E-state index in [9.17, 15) is 4.79 Å². The van der Waals surface area contributed by atoms with Crippen LogP contribution in [-0.4, -0.2) is 39.9 Å². The average molecular weight is 304 g/mol. The van der Waals surface area contributed by atoms with Crippen molar-refractivity contribution in [1.29, 1.82) is 0 Å². The molecule has 5 nitrogen and oxygen atoms in total. The normalized spacial score (nSPS) is 16.9. The summed E-state index contributed by atoms with van der Waals surface area (Å²) in [5.41, 5.74) is 0.761. The molecule has 0 atom stereocenters. The van der Waals surface area contributed by atoms with Crippen LogP contribution in [0, 0.1) is 5.41 Å². The standard InChI is InChI=1S/C17H28N4O/c1-12(2)14-10-15(19-11-18-14)20-13-6-8-21(9-7-13)16(22)17(3,4)5/h10-13H,6-9H2,1-5H3,(H,18,19,20). The molecule has 1 aromatic rings. The lowest BCUT2D eigenvalue weighted by Crippen LogP contribution is -2.46. The van der Waals surface area contributed by atoms with E-state index in [1.165, 1.54) is 0 Å². The number of piperidine rings is 1. The van der Waals surface area contributed by atoms with Gasteiger partial charge in [0.25, 0.3) is 0 Å². The Morgan fingerprint density at radius 2 is 1.91 bits per heavy atom. The summed E-state index contributed by atoms with van der Waals surface area (Å²) in [6.07, 6.45) is 3.54. The fraction of sp³-hybridized carbons (Fsp3) is 0.706. The van der Waals surface area contributed by atoms with Crippen LogP contribution in [0.25, 0.3) is 0 Å². The number of hydrogen-bond donors (Lipinski definition) is 1. The second-order valence-corrected chi connectivity index (χ2v) is 7.44. The van der Waals surface area contributed by atoms with Crippen molar-refractivity contribution in [3.05, 3.63) is 18.1 Å². The maximum Gasteiger partial charge on any atom is 0.227 e. The monoisotopic (exact) mass is 304 g/mol. The van der Waals surface area contributed by atoms with Gasteiger partial charge in [0.1, 0.15) is 12.1 Å². The Kier molecular flexibility index (Phi) is 5.04. The highest BCUT2D eigenvalue weighted by molar-refractivity contribution is 5.81. The van der Waals surface area contributed by atoms with E-state index in [1.807, 2.05) is 31.7 Å². The number of nitrogens with one attached hydrogen (secondary N) is 1. The van der Waals surface area contributed by atoms with Crippen molar-refractivity contribution in [3.63, 3.8) is 0 Å². The van der Waals surface area contributed by atoms with Gasteiger partial charge in [-0.25, -0.2) is 9.97 Å². The molecule has 22 heavy (non-hydrogen) atoms. The minimum absolute atomic E-state index is 0.245. The molecule has 0 unspecified atom stereocenters. The molecule has 1 fully saturated rings. The molecule has 1 aliphatic rings. The van der Waals surface area contributed by atoms with Gasteiger partial charge in [0, 0.05) is 36.3 Å². The number of aromatic nitrogens is 2. The summed E-state index contributed by atoms with van der Waals surface area (Å²) in [5.74, 6) is 1.53. The number of carbonyl (C=O) groups is 1. The van der Waals surface area contributed by atoms with Crippen molar-refractivity contribution in [2.24, 2.45) is 5.41 Å². The lowest BCUT2D eigenvalue weighted by atomic mass is 9.93. The van der Waals surface area contributed by atoms with Crippen LogP contribution in [0.3, 0.4) is 0 Å². The third kappa shape index (κ3) is 4.18. The minimum atomic E-state index is -0.293. The molecule has 1 saturated heterocycles. The molecule has 2 heterocycles. The molecule has 1 aliphatic heterocycles. The zero-order chi connectivity index (χ0) is 16.3. The Balaban J connectivity index is 1.90. The Labute approximate surface area is 133 Å². The van der Waals surface area contributed by atoms with Gasteiger partial charge in [-0.15, -0.1) is 0 Å². The van der Waals surface area contributed by atoms with Gasteiger partial charge in [0.2, 0.25) is 5.91 Å². The molecule has 0 bridgehead atoms. The van der Waals surface area contributed by atoms with Crippen LogP contribution in [0.15, 0.2) is 12.4 Å². The zero-order valence-corrected chi connectivity index (χ0v) is 14.4. The summed E-state index contributed by atoms with van der Waals surface area (Å²) in [6, 6.07) is 2.40. The van der Waals surface area contributed by atoms with Crippen LogP contribution in [0.4, 0.5) is 5.82 Å². The number of nitrogens with zero attached hydrogens (tertiary/aromatic N) is 3. The molecule has 0 aliphatic carbocycles. The molecule has 1 amide bonds. The van der Waals surface area contributed by atoms with Gasteiger partial charge in [0.15, 0.2) is 0 Å². The van der Waals surface area contributed by atoms with Gasteiger partial charge in [-0.1, -0.05) is 34.6 Å². The van der Waals surface area contributed by atoms with Crippen molar-refractivity contribution in [2.45, 2.75) is 59.4 Å². The summed E-state index contributed by atoms with van der Waals surface area (Å²) in [7, 11) is 0. The summed E-state index contributed by atoms with van der Waals surface area (Å²) >= 11 is 0. The van der Waals surface area contributed by atoms with Gasteiger partial charge in [0.05, 0.1) is 0 Å². The number of hydrogen-bond acceptors (Lipinski definition) is 4. The highest BCUT2D eigenvalue weighted by Gasteiger charge is 2.30. The third-order valence-electron chi connectivity index (χ3n) is 4.06. The maximum absolute atomic E-state index is 12.3. The Hall–Kier alpha value is -1.65. The van der Waals surface area contributed by atoms with E-state index in [0.717, 1.165) is 37.4 Å². The predicted molar refractivity (Wildman–Crippen MR) is 88.8 cm³/mol. The van der Waals surface area contributed by atoms with Crippen molar-refractivity contribution in [3.8, 4) is 0 Å². The topological polar surface area (TPSA) is 58.1 Å². The first-order valence-electron chi connectivity index (χ1n) is 8.15. The van der Waals surface area contributed by atoms with Crippen LogP contribution in [0.5, 0.6) is 0 Å². The molecular weight excluding hydrogens is 276 g/mol. The first-order valence-corrected chi connectivity index (χ1v) is 8.15. The SMILES string of the molecule is CC(C)c1cc(NC2CCN(C(=O)C(C)(C)C)CC2)ncn1. The summed E-state index contributed by atoms with van der Waals surface area (Å²) in [4.78, 5) is 22.9. The summed E-state index contributed by atoms with van der Waals surface area (Å²) < 4.78 is 0. The highest BCUT2D eigenvalue weighted by Crippen LogP contribution is 2.22. The van der Waals surface area contributed by atoms with Crippen LogP contribution in [-0.2, 0) is 4.79 Å². The lowest BCUT2D eigenvalue weighted by molar-refractivity contribution is -0.140. The third-order valence-corrected chi connectivity index (χ3v) is 4.06. The number of anilines is 1. The summed E-state index contributed by atoms with van der Waals surface area (Å²) in [6.45, 7) is 11.8. The number of amides is 1. The minimum Gasteiger partial charge on any atom is -0.367 e. The molecule has 1 N–H and O–H groups in total. The number of rotatable bonds is 3. The highest BCUT2D eigenvalue weighted by atomic mass is 16.2. The van der Waals surface area contributed by atoms with E-state index in [4.69, 9.17) is 0 Å². The van der Waals surface area contributed by atoms with E-state index >= 15 is 0 Å². The van der Waals surface area contributed by atoms with Crippen molar-refractivity contribution in [2.75, 3.05) is 18.4 Å². The van der Waals surface area contributed by atoms with Crippen LogP contribution in [0.2, 0.25) is 0 Å². The maximum atomic E-state index is 12.3. The molecule has 2 rings (SSSR count). The van der Waals surface area contributed by atoms with Gasteiger partial charge in [-0.3, -0.25) is 4.79 Å². The number of likely N-dealkylation sites (tertiary alicyclic amines) is 1. The van der Waals surface area contributed by atoms with Gasteiger partial charge >= 0.3 is 0 Å². The second-order valence-electron chi connectivity index (χ2n) is 7.44. The smallest absolute Gasteiger partial charge is 0.227 e. The van der Waals surface area contributed by atoms with Crippen LogP contribution >= 0.6 is 0 Å². The molecule has 122 valence electrons. The van der Waals surface area contributed by atoms with E-state index in [2.05, 4.69) is 29.1 Å². The van der Waals surface area contributed by atoms with Crippen molar-refractivity contribution >= 4 is 11.7 Å². The fourth-order valence-corrected chi connectivity index (χ4v) is 2.68. The van der Waals surface area contributed by atoms with E-state index in [1.54, 1.807) is 6.33 Å². The molecule has 0 aromatic carbocycles. The predicted octanol–water partition coefficient (Wildman–Crippen LogP) is 3.05. The molecule has 0 saturated carbocycles. The van der Waals surface area contributed by atoms with E-state index in [0.29, 0.717) is 12.0 Å². The zero-order valence-electron chi connectivity index (χ0n) is 14.4. The van der Waals surface area contributed by atoms with Gasteiger partial charge in [-0.05, 0) is 18.8 Å². The molecule has 0 radical (unpaired) electrons. The average Bonchev–Trinajstić information content (AvgIpc) is 2.46. The molecule has 1 aromatic heterocycles. The summed E-state index contributed by atoms with van der Waals surface area (Å²) in [5, 5.41) is 3.49. The second kappa shape index (κ2) is 6.63. The Bertz CT molecular complexity index is 514. The van der Waals surface area contributed by atoms with E-state index < -0.39 is 0 Å². The van der Waals surface area contributed by atoms with Gasteiger partial charge < -0.3 is 10.2 Å². The van der Waals surface area contributed by atoms with Crippen LogP contribution in [0.1, 0.15) is 59.1 Å². The fourth-order valence-electron chi connectivity index (χ4n) is 2.68. The van der Waals surface area contributed by atoms with Crippen LogP contribution < -0.4 is 5.32 Å². The quantitative estimate of drug-likeness (QED) is 0.932. The molecule has 0 spiro atoms. The van der Waals surface area contributed by atoms with Crippen molar-refractivity contribution < 1.29 is 4.79 Å². The Morgan fingerprint density at radius 1 is 1.27 bits per heavy atom. The Morgan fingerprint density at radius 3 is 2.45 bits per heavy atom. The van der Waals surface area contributed by atoms with E-state index in [-0.39, 0.29) is 11.3 Å². The molecule has 5 heteroatoms. The van der Waals surface area contributed by atoms with Crippen molar-refractivity contribution in [1.82, 2.24) is 14.9 Å².